The van der Waals surface area contributed by atoms with Gasteiger partial charge in [-0.25, -0.2) is 4.39 Å². The van der Waals surface area contributed by atoms with Crippen molar-refractivity contribution in [2.24, 2.45) is 0 Å². The van der Waals surface area contributed by atoms with Crippen molar-refractivity contribution in [2.45, 2.75) is 0 Å². The molecule has 0 spiro atoms. The number of anilines is 6. The zero-order valence-electron chi connectivity index (χ0n) is 45.4. The molecule has 4 heterocycles. The predicted octanol–water partition coefficient (Wildman–Crippen LogP) is 20.6. The molecule has 17 rings (SSSR count). The lowest BCUT2D eigenvalue weighted by Crippen LogP contribution is -2.61. The van der Waals surface area contributed by atoms with Crippen LogP contribution in [0.3, 0.4) is 0 Å². The molecule has 0 unspecified atom stereocenters. The highest BCUT2D eigenvalue weighted by molar-refractivity contribution is 7.26. The molecule has 392 valence electrons. The maximum absolute atomic E-state index is 18.1. The van der Waals surface area contributed by atoms with Gasteiger partial charge in [0.05, 0.1) is 11.4 Å². The van der Waals surface area contributed by atoms with Crippen LogP contribution in [-0.2, 0) is 0 Å². The summed E-state index contributed by atoms with van der Waals surface area (Å²) in [6.45, 7) is -0.343. The Bertz CT molecular complexity index is 4680. The second-order valence-electron chi connectivity index (χ2n) is 21.9. The first kappa shape index (κ1) is 48.6. The summed E-state index contributed by atoms with van der Waals surface area (Å²) < 4.78 is 23.2. The average molecular weight is 1110 g/mol. The van der Waals surface area contributed by atoms with Crippen molar-refractivity contribution in [3.8, 4) is 66.8 Å². The highest BCUT2D eigenvalue weighted by Crippen LogP contribution is 2.54. The first-order valence-corrected chi connectivity index (χ1v) is 30.3. The number of fused-ring (bicyclic) bond motifs is 10. The van der Waals surface area contributed by atoms with E-state index in [9.17, 15) is 0 Å². The number of thiophene rings is 2. The Hall–Kier alpha value is -10.1. The predicted molar refractivity (Wildman–Crippen MR) is 359 cm³/mol. The lowest BCUT2D eigenvalue weighted by molar-refractivity contribution is 0.628. The summed E-state index contributed by atoms with van der Waals surface area (Å²) in [5.74, 6) is -0.317. The number of benzene rings is 13. The molecule has 13 aromatic carbocycles. The Morgan fingerprint density at radius 1 is 0.274 bits per heavy atom. The van der Waals surface area contributed by atoms with Crippen LogP contribution in [0.1, 0.15) is 0 Å². The summed E-state index contributed by atoms with van der Waals surface area (Å²) in [7, 11) is 0. The van der Waals surface area contributed by atoms with Crippen molar-refractivity contribution in [3.63, 3.8) is 0 Å². The molecule has 2 aliphatic heterocycles. The Morgan fingerprint density at radius 3 is 1.00 bits per heavy atom. The minimum Gasteiger partial charge on any atom is -0.310 e. The standard InChI is InChI=1S/C78H48BFN2S2/c80-55-47-70-74-71(48-55)82(76-58(51-25-9-3-10-26-51)33-18-34-59(76)52-27-11-4-12-28-52)69-44-42-54(61-36-20-38-65-63-30-14-16-40-73(63)84-78(61)65)46-67(69)79(74)66-45-53(60-35-19-37-64-62-29-13-15-39-72(62)83-77(60)64)41-43-68(66)81(70)75-56(49-21-5-1-6-22-49)31-17-32-57(75)50-23-7-2-8-24-50/h1-48H. The molecule has 0 aliphatic carbocycles. The Morgan fingerprint density at radius 2 is 0.607 bits per heavy atom. The average Bonchev–Trinajstić information content (AvgIpc) is 1.15. The maximum atomic E-state index is 18.1. The quantitative estimate of drug-likeness (QED) is 0.140. The number of rotatable bonds is 8. The van der Waals surface area contributed by atoms with Crippen LogP contribution >= 0.6 is 22.7 Å². The van der Waals surface area contributed by atoms with Gasteiger partial charge < -0.3 is 9.80 Å². The van der Waals surface area contributed by atoms with E-state index < -0.39 is 0 Å². The minimum atomic E-state index is -0.343. The van der Waals surface area contributed by atoms with Gasteiger partial charge >= 0.3 is 0 Å². The van der Waals surface area contributed by atoms with Gasteiger partial charge in [0.2, 0.25) is 0 Å². The highest BCUT2D eigenvalue weighted by atomic mass is 32.1. The molecule has 0 bridgehead atoms. The SMILES string of the molecule is Fc1cc2c3c(c1)N(c1c(-c4ccccc4)cccc1-c1ccccc1)c1ccc(-c4cccc5c4sc4ccccc45)cc1B3c1cc(-c3cccc4c3sc3ccccc34)ccc1N2c1c(-c2ccccc2)cccc1-c1ccccc1. The topological polar surface area (TPSA) is 6.48 Å². The molecule has 2 nitrogen and oxygen atoms in total. The fraction of sp³-hybridized carbons (Fsp3) is 0. The van der Waals surface area contributed by atoms with Crippen LogP contribution in [0.2, 0.25) is 0 Å². The van der Waals surface area contributed by atoms with Crippen molar-refractivity contribution in [1.82, 2.24) is 0 Å². The highest BCUT2D eigenvalue weighted by Gasteiger charge is 2.46. The maximum Gasteiger partial charge on any atom is 0.252 e. The van der Waals surface area contributed by atoms with Gasteiger partial charge in [0.25, 0.3) is 6.71 Å². The Kier molecular flexibility index (Phi) is 11.3. The zero-order valence-corrected chi connectivity index (χ0v) is 47.0. The van der Waals surface area contributed by atoms with E-state index >= 15 is 4.39 Å². The van der Waals surface area contributed by atoms with Crippen LogP contribution in [0.25, 0.3) is 107 Å². The van der Waals surface area contributed by atoms with Crippen molar-refractivity contribution in [2.75, 3.05) is 9.80 Å². The lowest BCUT2D eigenvalue weighted by atomic mass is 9.33. The largest absolute Gasteiger partial charge is 0.310 e. The van der Waals surface area contributed by atoms with Gasteiger partial charge in [0.15, 0.2) is 0 Å². The molecule has 84 heavy (non-hydrogen) atoms. The fourth-order valence-corrected chi connectivity index (χ4v) is 16.2. The molecular formula is C78H48BFN2S2. The first-order chi connectivity index (χ1) is 41.6. The summed E-state index contributed by atoms with van der Waals surface area (Å²) in [6.07, 6.45) is 0. The number of hydrogen-bond acceptors (Lipinski definition) is 4. The van der Waals surface area contributed by atoms with Crippen LogP contribution in [0, 0.1) is 5.82 Å². The third-order valence-corrected chi connectivity index (χ3v) is 19.8. The molecule has 0 saturated carbocycles. The Labute approximate surface area is 495 Å². The number of para-hydroxylation sites is 2. The van der Waals surface area contributed by atoms with Gasteiger partial charge in [-0.1, -0.05) is 255 Å². The van der Waals surface area contributed by atoms with Crippen molar-refractivity contribution in [1.29, 1.82) is 0 Å². The molecule has 0 radical (unpaired) electrons. The molecule has 0 amide bonds. The van der Waals surface area contributed by atoms with E-state index in [0.717, 1.165) is 106 Å². The van der Waals surface area contributed by atoms with Crippen LogP contribution < -0.4 is 26.2 Å². The molecule has 0 fully saturated rings. The molecule has 15 aromatic rings. The first-order valence-electron chi connectivity index (χ1n) is 28.6. The normalized spacial score (nSPS) is 12.5. The molecular weight excluding hydrogens is 1060 g/mol. The molecule has 2 aliphatic rings. The number of hydrogen-bond donors (Lipinski definition) is 0. The molecule has 6 heteroatoms. The fourth-order valence-electron chi connectivity index (χ4n) is 13.7. The van der Waals surface area contributed by atoms with Crippen LogP contribution in [0.5, 0.6) is 0 Å². The zero-order chi connectivity index (χ0) is 55.4. The van der Waals surface area contributed by atoms with Gasteiger partial charge in [0, 0.05) is 85.3 Å². The van der Waals surface area contributed by atoms with Crippen molar-refractivity contribution in [3.05, 3.63) is 297 Å². The summed E-state index contributed by atoms with van der Waals surface area (Å²) in [6, 6.07) is 105. The molecule has 0 saturated heterocycles. The van der Waals surface area contributed by atoms with E-state index in [4.69, 9.17) is 0 Å². The number of nitrogens with zero attached hydrogens (tertiary/aromatic N) is 2. The van der Waals surface area contributed by atoms with E-state index in [0.29, 0.717) is 0 Å². The van der Waals surface area contributed by atoms with E-state index in [1.165, 1.54) is 51.5 Å². The third-order valence-electron chi connectivity index (χ3n) is 17.3. The second-order valence-corrected chi connectivity index (χ2v) is 24.0. The van der Waals surface area contributed by atoms with Crippen molar-refractivity contribution >= 4 is 120 Å². The van der Waals surface area contributed by atoms with Crippen LogP contribution in [-0.4, -0.2) is 6.71 Å². The smallest absolute Gasteiger partial charge is 0.252 e. The number of halogens is 1. The van der Waals surface area contributed by atoms with Crippen LogP contribution in [0.15, 0.2) is 291 Å². The van der Waals surface area contributed by atoms with E-state index in [1.807, 2.05) is 34.8 Å². The van der Waals surface area contributed by atoms with Gasteiger partial charge in [-0.05, 0) is 97.3 Å². The van der Waals surface area contributed by atoms with E-state index in [1.54, 1.807) is 0 Å². The second kappa shape index (κ2) is 19.5. The van der Waals surface area contributed by atoms with Crippen LogP contribution in [0.4, 0.5) is 38.5 Å². The summed E-state index contributed by atoms with van der Waals surface area (Å²) in [4.78, 5) is 4.82. The van der Waals surface area contributed by atoms with E-state index in [-0.39, 0.29) is 12.5 Å². The molecule has 0 N–H and O–H groups in total. The van der Waals surface area contributed by atoms with Crippen molar-refractivity contribution < 1.29 is 4.39 Å². The summed E-state index contributed by atoms with van der Waals surface area (Å²) in [5.41, 5.74) is 22.0. The third kappa shape index (κ3) is 7.61. The Balaban J connectivity index is 1.02. The van der Waals surface area contributed by atoms with Gasteiger partial charge in [-0.2, -0.15) is 0 Å². The van der Waals surface area contributed by atoms with Gasteiger partial charge in [0.1, 0.15) is 5.82 Å². The summed E-state index contributed by atoms with van der Waals surface area (Å²) in [5, 5.41) is 5.04. The molecule has 0 atom stereocenters. The summed E-state index contributed by atoms with van der Waals surface area (Å²) >= 11 is 3.71. The molecule has 2 aromatic heterocycles. The monoisotopic (exact) mass is 1110 g/mol. The van der Waals surface area contributed by atoms with Gasteiger partial charge in [-0.3, -0.25) is 0 Å². The van der Waals surface area contributed by atoms with Gasteiger partial charge in [-0.15, -0.1) is 22.7 Å². The minimum absolute atomic E-state index is 0.317. The van der Waals surface area contributed by atoms with E-state index in [2.05, 4.69) is 289 Å². The lowest BCUT2D eigenvalue weighted by Gasteiger charge is -2.45.